The van der Waals surface area contributed by atoms with Gasteiger partial charge in [-0.3, -0.25) is 5.32 Å². The van der Waals surface area contributed by atoms with Crippen molar-refractivity contribution >= 4 is 22.5 Å². The number of amides is 2. The highest BCUT2D eigenvalue weighted by atomic mass is 32.1. The Morgan fingerprint density at radius 2 is 2.06 bits per heavy atom. The molecule has 100 valence electrons. The lowest BCUT2D eigenvalue weighted by atomic mass is 10.1. The zero-order chi connectivity index (χ0) is 13.0. The highest BCUT2D eigenvalue weighted by molar-refractivity contribution is 7.15. The number of nitrogens with zero attached hydrogens (tertiary/aromatic N) is 3. The van der Waals surface area contributed by atoms with Crippen molar-refractivity contribution in [3.05, 3.63) is 5.01 Å². The predicted octanol–water partition coefficient (Wildman–Crippen LogP) is 2.75. The van der Waals surface area contributed by atoms with Crippen LogP contribution < -0.4 is 5.32 Å². The monoisotopic (exact) mass is 268 g/mol. The zero-order valence-corrected chi connectivity index (χ0v) is 11.8. The van der Waals surface area contributed by atoms with Gasteiger partial charge in [-0.1, -0.05) is 25.2 Å². The number of carbonyl (C=O) groups excluding carboxylic acids is 1. The van der Waals surface area contributed by atoms with Crippen molar-refractivity contribution < 1.29 is 4.79 Å². The van der Waals surface area contributed by atoms with Crippen LogP contribution in [0, 0.1) is 5.92 Å². The summed E-state index contributed by atoms with van der Waals surface area (Å²) in [5, 5.41) is 12.5. The lowest BCUT2D eigenvalue weighted by molar-refractivity contribution is 0.200. The predicted molar refractivity (Wildman–Crippen MR) is 72.9 cm³/mol. The third-order valence-electron chi connectivity index (χ3n) is 2.91. The number of piperidine rings is 1. The van der Waals surface area contributed by atoms with Gasteiger partial charge in [0, 0.05) is 19.5 Å². The molecular formula is C12H20N4OS. The van der Waals surface area contributed by atoms with Crippen molar-refractivity contribution in [1.82, 2.24) is 15.1 Å². The molecule has 0 atom stereocenters. The summed E-state index contributed by atoms with van der Waals surface area (Å²) in [7, 11) is 0. The van der Waals surface area contributed by atoms with Crippen molar-refractivity contribution in [1.29, 1.82) is 0 Å². The maximum absolute atomic E-state index is 12.0. The summed E-state index contributed by atoms with van der Waals surface area (Å²) in [5.74, 6) is 0.559. The van der Waals surface area contributed by atoms with Gasteiger partial charge < -0.3 is 4.90 Å². The standard InChI is InChI=1S/C12H20N4OS/c1-9(2)8-10-14-15-11(18-10)13-12(17)16-6-4-3-5-7-16/h9H,3-8H2,1-2H3,(H,13,15,17). The van der Waals surface area contributed by atoms with E-state index in [-0.39, 0.29) is 6.03 Å². The largest absolute Gasteiger partial charge is 0.324 e. The summed E-state index contributed by atoms with van der Waals surface area (Å²) in [6, 6.07) is -0.0399. The van der Waals surface area contributed by atoms with Gasteiger partial charge in [0.25, 0.3) is 0 Å². The van der Waals surface area contributed by atoms with Crippen molar-refractivity contribution in [2.45, 2.75) is 39.5 Å². The van der Waals surface area contributed by atoms with Gasteiger partial charge in [-0.15, -0.1) is 10.2 Å². The molecule has 6 heteroatoms. The topological polar surface area (TPSA) is 58.1 Å². The van der Waals surface area contributed by atoms with Crippen LogP contribution in [0.1, 0.15) is 38.1 Å². The average molecular weight is 268 g/mol. The summed E-state index contributed by atoms with van der Waals surface area (Å²) in [5.41, 5.74) is 0. The van der Waals surface area contributed by atoms with E-state index >= 15 is 0 Å². The molecule has 1 saturated heterocycles. The Bertz CT molecular complexity index is 399. The Balaban J connectivity index is 1.88. The Morgan fingerprint density at radius 1 is 1.33 bits per heavy atom. The Kier molecular flexibility index (Phi) is 4.52. The van der Waals surface area contributed by atoms with Gasteiger partial charge >= 0.3 is 6.03 Å². The smallest absolute Gasteiger partial charge is 0.323 e. The van der Waals surface area contributed by atoms with Crippen LogP contribution >= 0.6 is 11.3 Å². The van der Waals surface area contributed by atoms with Gasteiger partial charge in [-0.05, 0) is 25.2 Å². The molecule has 2 rings (SSSR count). The van der Waals surface area contributed by atoms with E-state index in [2.05, 4.69) is 29.4 Å². The van der Waals surface area contributed by atoms with Crippen LogP contribution in [-0.4, -0.2) is 34.2 Å². The number of carbonyl (C=O) groups is 1. The number of likely N-dealkylation sites (tertiary alicyclic amines) is 1. The van der Waals surface area contributed by atoms with Crippen LogP contribution in [0.15, 0.2) is 0 Å². The number of rotatable bonds is 3. The van der Waals surface area contributed by atoms with Gasteiger partial charge in [-0.2, -0.15) is 0 Å². The van der Waals surface area contributed by atoms with Crippen LogP contribution in [0.5, 0.6) is 0 Å². The second-order valence-corrected chi connectivity index (χ2v) is 6.14. The third kappa shape index (κ3) is 3.66. The molecule has 0 bridgehead atoms. The average Bonchev–Trinajstić information content (AvgIpc) is 2.76. The maximum Gasteiger partial charge on any atom is 0.323 e. The first kappa shape index (κ1) is 13.3. The fraction of sp³-hybridized carbons (Fsp3) is 0.750. The molecule has 0 radical (unpaired) electrons. The zero-order valence-electron chi connectivity index (χ0n) is 11.0. The van der Waals surface area contributed by atoms with Crippen LogP contribution in [0.25, 0.3) is 0 Å². The summed E-state index contributed by atoms with van der Waals surface area (Å²) in [4.78, 5) is 13.8. The molecular weight excluding hydrogens is 248 g/mol. The molecule has 5 nitrogen and oxygen atoms in total. The molecule has 1 fully saturated rings. The first-order valence-electron chi connectivity index (χ1n) is 6.53. The Hall–Kier alpha value is -1.17. The molecule has 0 aromatic carbocycles. The molecule has 0 spiro atoms. The highest BCUT2D eigenvalue weighted by Crippen LogP contribution is 2.19. The van der Waals surface area contributed by atoms with Crippen LogP contribution in [-0.2, 0) is 6.42 Å². The van der Waals surface area contributed by atoms with E-state index in [4.69, 9.17) is 0 Å². The number of anilines is 1. The van der Waals surface area contributed by atoms with Gasteiger partial charge in [-0.25, -0.2) is 4.79 Å². The van der Waals surface area contributed by atoms with Crippen molar-refractivity contribution in [2.24, 2.45) is 5.92 Å². The minimum absolute atomic E-state index is 0.0399. The summed E-state index contributed by atoms with van der Waals surface area (Å²) in [6.07, 6.45) is 4.34. The SMILES string of the molecule is CC(C)Cc1nnc(NC(=O)N2CCCCC2)s1. The summed E-state index contributed by atoms with van der Waals surface area (Å²) in [6.45, 7) is 5.99. The minimum atomic E-state index is -0.0399. The Morgan fingerprint density at radius 3 is 2.72 bits per heavy atom. The molecule has 18 heavy (non-hydrogen) atoms. The third-order valence-corrected chi connectivity index (χ3v) is 3.77. The number of aromatic nitrogens is 2. The molecule has 0 unspecified atom stereocenters. The summed E-state index contributed by atoms with van der Waals surface area (Å²) < 4.78 is 0. The number of urea groups is 1. The summed E-state index contributed by atoms with van der Waals surface area (Å²) >= 11 is 1.47. The number of nitrogens with one attached hydrogen (secondary N) is 1. The second kappa shape index (κ2) is 6.13. The van der Waals surface area contributed by atoms with Crippen molar-refractivity contribution in [2.75, 3.05) is 18.4 Å². The van der Waals surface area contributed by atoms with E-state index in [0.717, 1.165) is 37.4 Å². The van der Waals surface area contributed by atoms with E-state index in [1.807, 2.05) is 4.90 Å². The lowest BCUT2D eigenvalue weighted by Gasteiger charge is -2.26. The molecule has 1 aliphatic rings. The van der Waals surface area contributed by atoms with E-state index in [9.17, 15) is 4.79 Å². The van der Waals surface area contributed by atoms with Crippen molar-refractivity contribution in [3.8, 4) is 0 Å². The van der Waals surface area contributed by atoms with Crippen LogP contribution in [0.3, 0.4) is 0 Å². The van der Waals surface area contributed by atoms with Gasteiger partial charge in [0.05, 0.1) is 0 Å². The number of hydrogen-bond donors (Lipinski definition) is 1. The Labute approximate surface area is 112 Å². The minimum Gasteiger partial charge on any atom is -0.324 e. The highest BCUT2D eigenvalue weighted by Gasteiger charge is 2.17. The van der Waals surface area contributed by atoms with Gasteiger partial charge in [0.1, 0.15) is 5.01 Å². The first-order valence-corrected chi connectivity index (χ1v) is 7.35. The fourth-order valence-electron chi connectivity index (χ4n) is 2.00. The molecule has 1 aliphatic heterocycles. The fourth-order valence-corrected chi connectivity index (χ4v) is 2.94. The van der Waals surface area contributed by atoms with Gasteiger partial charge in [0.15, 0.2) is 0 Å². The van der Waals surface area contributed by atoms with E-state index in [1.165, 1.54) is 17.8 Å². The normalized spacial score (nSPS) is 16.1. The quantitative estimate of drug-likeness (QED) is 0.917. The molecule has 2 heterocycles. The van der Waals surface area contributed by atoms with E-state index in [0.29, 0.717) is 11.0 Å². The van der Waals surface area contributed by atoms with E-state index < -0.39 is 0 Å². The molecule has 1 aromatic rings. The van der Waals surface area contributed by atoms with Crippen molar-refractivity contribution in [3.63, 3.8) is 0 Å². The molecule has 0 aliphatic carbocycles. The first-order chi connectivity index (χ1) is 8.65. The number of hydrogen-bond acceptors (Lipinski definition) is 4. The molecule has 1 aromatic heterocycles. The van der Waals surface area contributed by atoms with Gasteiger partial charge in [0.2, 0.25) is 5.13 Å². The molecule has 1 N–H and O–H groups in total. The molecule has 0 saturated carbocycles. The second-order valence-electron chi connectivity index (χ2n) is 5.08. The lowest BCUT2D eigenvalue weighted by Crippen LogP contribution is -2.38. The molecule has 2 amide bonds. The van der Waals surface area contributed by atoms with E-state index in [1.54, 1.807) is 0 Å². The van der Waals surface area contributed by atoms with Crippen LogP contribution in [0.2, 0.25) is 0 Å². The van der Waals surface area contributed by atoms with Crippen LogP contribution in [0.4, 0.5) is 9.93 Å². The maximum atomic E-state index is 12.0.